The van der Waals surface area contributed by atoms with Gasteiger partial charge < -0.3 is 14.6 Å². The van der Waals surface area contributed by atoms with E-state index in [9.17, 15) is 18.7 Å². The zero-order chi connectivity index (χ0) is 21.0. The quantitative estimate of drug-likeness (QED) is 0.678. The van der Waals surface area contributed by atoms with E-state index in [1.54, 1.807) is 34.6 Å². The third kappa shape index (κ3) is 4.61. The van der Waals surface area contributed by atoms with Gasteiger partial charge in [0.2, 0.25) is 0 Å². The van der Waals surface area contributed by atoms with Crippen molar-refractivity contribution in [2.24, 2.45) is 0 Å². The number of hydrogen-bond acceptors (Lipinski definition) is 4. The Morgan fingerprint density at radius 3 is 2.46 bits per heavy atom. The van der Waals surface area contributed by atoms with Gasteiger partial charge in [0.25, 0.3) is 0 Å². The highest BCUT2D eigenvalue weighted by atomic mass is 19.1. The highest BCUT2D eigenvalue weighted by molar-refractivity contribution is 5.71. The molecule has 2 rings (SSSR count). The summed E-state index contributed by atoms with van der Waals surface area (Å²) in [6.45, 7) is 8.49. The number of carbonyl (C=O) groups is 1. The molecule has 0 saturated heterocycles. The van der Waals surface area contributed by atoms with Gasteiger partial charge in [-0.15, -0.1) is 0 Å². The fourth-order valence-electron chi connectivity index (χ4n) is 3.18. The first-order valence-corrected chi connectivity index (χ1v) is 9.24. The second kappa shape index (κ2) is 9.04. The lowest BCUT2D eigenvalue weighted by Crippen LogP contribution is -2.15. The average molecular weight is 392 g/mol. The summed E-state index contributed by atoms with van der Waals surface area (Å²) >= 11 is 0. The minimum absolute atomic E-state index is 0.0409. The molecule has 2 aromatic rings. The Kier molecular flexibility index (Phi) is 7.00. The smallest absolute Gasteiger partial charge is 0.344 e. The van der Waals surface area contributed by atoms with E-state index in [2.05, 4.69) is 0 Å². The largest absolute Gasteiger partial charge is 0.508 e. The third-order valence-electron chi connectivity index (χ3n) is 4.65. The molecule has 0 fully saturated rings. The van der Waals surface area contributed by atoms with Crippen molar-refractivity contribution in [2.75, 3.05) is 13.2 Å². The van der Waals surface area contributed by atoms with Crippen molar-refractivity contribution in [1.29, 1.82) is 0 Å². The normalized spacial score (nSPS) is 11.0. The molecule has 0 aliphatic heterocycles. The van der Waals surface area contributed by atoms with Gasteiger partial charge >= 0.3 is 5.97 Å². The number of phenols is 1. The van der Waals surface area contributed by atoms with E-state index in [-0.39, 0.29) is 42.6 Å². The van der Waals surface area contributed by atoms with Crippen LogP contribution in [-0.2, 0) is 16.0 Å². The molecule has 0 heterocycles. The summed E-state index contributed by atoms with van der Waals surface area (Å²) < 4.78 is 39.6. The predicted octanol–water partition coefficient (Wildman–Crippen LogP) is 4.94. The maximum Gasteiger partial charge on any atom is 0.344 e. The minimum Gasteiger partial charge on any atom is -0.508 e. The van der Waals surface area contributed by atoms with Crippen molar-refractivity contribution in [2.45, 2.75) is 47.0 Å². The molecule has 0 amide bonds. The molecule has 2 aromatic carbocycles. The van der Waals surface area contributed by atoms with Gasteiger partial charge in [-0.25, -0.2) is 13.6 Å². The number of halogens is 2. The van der Waals surface area contributed by atoms with Crippen LogP contribution in [0.2, 0.25) is 0 Å². The molecular weight excluding hydrogens is 366 g/mol. The summed E-state index contributed by atoms with van der Waals surface area (Å²) in [5.74, 6) is -1.95. The molecule has 0 atom stereocenters. The van der Waals surface area contributed by atoms with Crippen molar-refractivity contribution in [3.8, 4) is 11.5 Å². The number of aryl methyl sites for hydroxylation is 1. The Morgan fingerprint density at radius 2 is 1.86 bits per heavy atom. The zero-order valence-corrected chi connectivity index (χ0v) is 16.9. The summed E-state index contributed by atoms with van der Waals surface area (Å²) in [7, 11) is 0. The first-order chi connectivity index (χ1) is 13.2. The molecule has 0 aliphatic carbocycles. The number of ether oxygens (including phenoxy) is 2. The summed E-state index contributed by atoms with van der Waals surface area (Å²) in [5.41, 5.74) is 2.32. The maximum atomic E-state index is 14.9. The lowest BCUT2D eigenvalue weighted by molar-refractivity contribution is -0.145. The number of benzene rings is 2. The summed E-state index contributed by atoms with van der Waals surface area (Å²) in [6.07, 6.45) is 0.179. The van der Waals surface area contributed by atoms with Crippen LogP contribution in [0.3, 0.4) is 0 Å². The van der Waals surface area contributed by atoms with Gasteiger partial charge in [-0.05, 0) is 61.1 Å². The first kappa shape index (κ1) is 21.7. The van der Waals surface area contributed by atoms with Gasteiger partial charge in [-0.3, -0.25) is 0 Å². The van der Waals surface area contributed by atoms with Gasteiger partial charge in [0.15, 0.2) is 18.2 Å². The highest BCUT2D eigenvalue weighted by Gasteiger charge is 2.20. The molecule has 1 N–H and O–H groups in total. The van der Waals surface area contributed by atoms with Crippen LogP contribution in [0.15, 0.2) is 18.2 Å². The van der Waals surface area contributed by atoms with Crippen LogP contribution in [0.1, 0.15) is 54.5 Å². The van der Waals surface area contributed by atoms with E-state index in [0.717, 1.165) is 5.56 Å². The molecule has 28 heavy (non-hydrogen) atoms. The molecule has 0 radical (unpaired) electrons. The van der Waals surface area contributed by atoms with Crippen molar-refractivity contribution >= 4 is 5.97 Å². The van der Waals surface area contributed by atoms with Crippen molar-refractivity contribution in [3.05, 3.63) is 57.7 Å². The first-order valence-electron chi connectivity index (χ1n) is 9.24. The number of phenolic OH excluding ortho intramolecular Hbond substituents is 1. The second-order valence-corrected chi connectivity index (χ2v) is 7.01. The number of rotatable bonds is 7. The van der Waals surface area contributed by atoms with Crippen LogP contribution in [0.4, 0.5) is 8.78 Å². The SMILES string of the molecule is CCOC(=O)COc1cc(C)c(Cc2ccc(O)c(C(C)C)c2F)c(C)c1F. The Labute approximate surface area is 164 Å². The van der Waals surface area contributed by atoms with Crippen LogP contribution < -0.4 is 4.74 Å². The fourth-order valence-corrected chi connectivity index (χ4v) is 3.18. The highest BCUT2D eigenvalue weighted by Crippen LogP contribution is 2.33. The second-order valence-electron chi connectivity index (χ2n) is 7.01. The topological polar surface area (TPSA) is 55.8 Å². The van der Waals surface area contributed by atoms with E-state index in [1.165, 1.54) is 18.2 Å². The predicted molar refractivity (Wildman–Crippen MR) is 103 cm³/mol. The zero-order valence-electron chi connectivity index (χ0n) is 16.9. The summed E-state index contributed by atoms with van der Waals surface area (Å²) in [4.78, 5) is 11.4. The molecule has 0 aliphatic rings. The van der Waals surface area contributed by atoms with Crippen molar-refractivity contribution in [3.63, 3.8) is 0 Å². The van der Waals surface area contributed by atoms with Gasteiger partial charge in [0.1, 0.15) is 11.6 Å². The number of hydrogen-bond donors (Lipinski definition) is 1. The molecule has 4 nitrogen and oxygen atoms in total. The van der Waals surface area contributed by atoms with Crippen LogP contribution in [0.5, 0.6) is 11.5 Å². The van der Waals surface area contributed by atoms with E-state index in [4.69, 9.17) is 9.47 Å². The van der Waals surface area contributed by atoms with Crippen molar-refractivity contribution in [1.82, 2.24) is 0 Å². The summed E-state index contributed by atoms with van der Waals surface area (Å²) in [6, 6.07) is 4.47. The summed E-state index contributed by atoms with van der Waals surface area (Å²) in [5, 5.41) is 9.93. The third-order valence-corrected chi connectivity index (χ3v) is 4.65. The molecule has 0 saturated carbocycles. The van der Waals surface area contributed by atoms with E-state index >= 15 is 0 Å². The Hall–Kier alpha value is -2.63. The van der Waals surface area contributed by atoms with Gasteiger partial charge in [0, 0.05) is 12.0 Å². The van der Waals surface area contributed by atoms with E-state index in [0.29, 0.717) is 16.7 Å². The number of carbonyl (C=O) groups excluding carboxylic acids is 1. The van der Waals surface area contributed by atoms with E-state index < -0.39 is 17.6 Å². The molecule has 0 aromatic heterocycles. The lowest BCUT2D eigenvalue weighted by Gasteiger charge is -2.17. The number of aromatic hydroxyl groups is 1. The van der Waals surface area contributed by atoms with Gasteiger partial charge in [-0.1, -0.05) is 19.9 Å². The van der Waals surface area contributed by atoms with Gasteiger partial charge in [0.05, 0.1) is 6.61 Å². The van der Waals surface area contributed by atoms with Crippen LogP contribution in [-0.4, -0.2) is 24.3 Å². The molecule has 0 spiro atoms. The maximum absolute atomic E-state index is 14.9. The molecule has 152 valence electrons. The Morgan fingerprint density at radius 1 is 1.18 bits per heavy atom. The molecule has 6 heteroatoms. The Bertz CT molecular complexity index is 876. The lowest BCUT2D eigenvalue weighted by atomic mass is 9.92. The molecular formula is C22H26F2O4. The van der Waals surface area contributed by atoms with E-state index in [1.807, 2.05) is 0 Å². The monoisotopic (exact) mass is 392 g/mol. The van der Waals surface area contributed by atoms with Crippen molar-refractivity contribution < 1.29 is 28.2 Å². The van der Waals surface area contributed by atoms with Gasteiger partial charge in [-0.2, -0.15) is 0 Å². The van der Waals surface area contributed by atoms with Crippen LogP contribution in [0.25, 0.3) is 0 Å². The fraction of sp³-hybridized carbons (Fsp3) is 0.409. The molecule has 0 unspecified atom stereocenters. The number of esters is 1. The average Bonchev–Trinajstić information content (AvgIpc) is 2.62. The van der Waals surface area contributed by atoms with Crippen LogP contribution in [0, 0.1) is 25.5 Å². The standard InChI is InChI=1S/C22H26F2O4/c1-6-27-19(26)11-28-18-9-13(4)16(14(5)21(18)23)10-15-7-8-17(25)20(12(2)3)22(15)24/h7-9,12,25H,6,10-11H2,1-5H3. The van der Waals surface area contributed by atoms with Crippen LogP contribution >= 0.6 is 0 Å². The Balaban J connectivity index is 2.34. The minimum atomic E-state index is -0.590. The molecule has 0 bridgehead atoms.